The van der Waals surface area contributed by atoms with E-state index in [1.807, 2.05) is 0 Å². The molecule has 3 aliphatic rings. The van der Waals surface area contributed by atoms with Gasteiger partial charge < -0.3 is 9.80 Å². The van der Waals surface area contributed by atoms with Crippen molar-refractivity contribution in [1.29, 1.82) is 0 Å². The highest BCUT2D eigenvalue weighted by Gasteiger charge is 2.44. The Bertz CT molecular complexity index is 604. The molecule has 1 aromatic carbocycles. The maximum absolute atomic E-state index is 12.9. The summed E-state index contributed by atoms with van der Waals surface area (Å²) in [6, 6.07) is 6.54. The lowest BCUT2D eigenvalue weighted by atomic mass is 9.87. The van der Waals surface area contributed by atoms with Crippen molar-refractivity contribution in [2.45, 2.75) is 39.5 Å². The number of carbonyl (C=O) groups is 1. The number of hydrogen-bond acceptors (Lipinski definition) is 2. The summed E-state index contributed by atoms with van der Waals surface area (Å²) in [6.45, 7) is 8.10. The van der Waals surface area contributed by atoms with Crippen molar-refractivity contribution >= 4 is 11.6 Å². The number of fused-ring (bicyclic) bond motifs is 2. The van der Waals surface area contributed by atoms with Crippen LogP contribution in [-0.2, 0) is 4.79 Å². The molecule has 0 unspecified atom stereocenters. The Morgan fingerprint density at radius 2 is 1.83 bits per heavy atom. The molecule has 23 heavy (non-hydrogen) atoms. The van der Waals surface area contributed by atoms with E-state index >= 15 is 0 Å². The highest BCUT2D eigenvalue weighted by Crippen LogP contribution is 2.48. The largest absolute Gasteiger partial charge is 0.368 e. The monoisotopic (exact) mass is 312 g/mol. The molecule has 2 saturated carbocycles. The van der Waals surface area contributed by atoms with Crippen molar-refractivity contribution < 1.29 is 4.79 Å². The second-order valence-electron chi connectivity index (χ2n) is 7.81. The molecular formula is C20H28N2O. The smallest absolute Gasteiger partial charge is 0.226 e. The molecule has 3 nitrogen and oxygen atoms in total. The van der Waals surface area contributed by atoms with Gasteiger partial charge in [-0.1, -0.05) is 18.6 Å². The van der Waals surface area contributed by atoms with E-state index in [0.29, 0.717) is 17.7 Å². The first kappa shape index (κ1) is 15.0. The summed E-state index contributed by atoms with van der Waals surface area (Å²) < 4.78 is 0. The summed E-state index contributed by atoms with van der Waals surface area (Å²) >= 11 is 0. The van der Waals surface area contributed by atoms with E-state index in [-0.39, 0.29) is 0 Å². The first-order chi connectivity index (χ1) is 11.1. The quantitative estimate of drug-likeness (QED) is 0.836. The molecule has 1 amide bonds. The Hall–Kier alpha value is -1.51. The third-order valence-electron chi connectivity index (χ3n) is 6.56. The van der Waals surface area contributed by atoms with E-state index in [0.717, 1.165) is 32.1 Å². The molecule has 3 heteroatoms. The fourth-order valence-electron chi connectivity index (χ4n) is 5.03. The van der Waals surface area contributed by atoms with Crippen LogP contribution >= 0.6 is 0 Å². The lowest BCUT2D eigenvalue weighted by Crippen LogP contribution is -2.51. The van der Waals surface area contributed by atoms with Crippen LogP contribution in [0.25, 0.3) is 0 Å². The van der Waals surface area contributed by atoms with Crippen molar-refractivity contribution in [3.63, 3.8) is 0 Å². The van der Waals surface area contributed by atoms with Crippen LogP contribution in [0.2, 0.25) is 0 Å². The van der Waals surface area contributed by atoms with Gasteiger partial charge in [0.15, 0.2) is 0 Å². The molecule has 1 saturated heterocycles. The first-order valence-corrected chi connectivity index (χ1v) is 9.23. The molecule has 3 atom stereocenters. The number of carbonyl (C=O) groups excluding carboxylic acids is 1. The van der Waals surface area contributed by atoms with E-state index in [9.17, 15) is 4.79 Å². The van der Waals surface area contributed by atoms with E-state index in [1.165, 1.54) is 42.5 Å². The Morgan fingerprint density at radius 1 is 1.04 bits per heavy atom. The summed E-state index contributed by atoms with van der Waals surface area (Å²) in [5, 5.41) is 0. The number of anilines is 1. The molecular weight excluding hydrogens is 284 g/mol. The minimum Gasteiger partial charge on any atom is -0.368 e. The molecule has 2 aliphatic carbocycles. The van der Waals surface area contributed by atoms with Crippen molar-refractivity contribution in [3.05, 3.63) is 29.3 Å². The van der Waals surface area contributed by atoms with Gasteiger partial charge in [-0.15, -0.1) is 0 Å². The molecule has 0 N–H and O–H groups in total. The molecule has 1 aliphatic heterocycles. The molecule has 1 heterocycles. The summed E-state index contributed by atoms with van der Waals surface area (Å²) in [5.41, 5.74) is 4.07. The van der Waals surface area contributed by atoms with Crippen LogP contribution in [0.3, 0.4) is 0 Å². The molecule has 4 rings (SSSR count). The van der Waals surface area contributed by atoms with E-state index in [2.05, 4.69) is 41.8 Å². The van der Waals surface area contributed by atoms with Crippen LogP contribution in [0.4, 0.5) is 5.69 Å². The van der Waals surface area contributed by atoms with Crippen molar-refractivity contribution in [2.75, 3.05) is 31.1 Å². The number of aryl methyl sites for hydroxylation is 1. The van der Waals surface area contributed by atoms with Gasteiger partial charge in [0.05, 0.1) is 0 Å². The van der Waals surface area contributed by atoms with Crippen LogP contribution in [0.5, 0.6) is 0 Å². The maximum Gasteiger partial charge on any atom is 0.226 e. The fourth-order valence-corrected chi connectivity index (χ4v) is 5.03. The molecule has 0 aromatic heterocycles. The van der Waals surface area contributed by atoms with E-state index < -0.39 is 0 Å². The Morgan fingerprint density at radius 3 is 2.48 bits per heavy atom. The second kappa shape index (κ2) is 5.85. The Kier molecular flexibility index (Phi) is 3.82. The zero-order valence-corrected chi connectivity index (χ0v) is 14.4. The first-order valence-electron chi connectivity index (χ1n) is 9.23. The van der Waals surface area contributed by atoms with Gasteiger partial charge in [0.1, 0.15) is 0 Å². The number of benzene rings is 1. The van der Waals surface area contributed by atoms with Gasteiger partial charge in [-0.25, -0.2) is 0 Å². The lowest BCUT2D eigenvalue weighted by molar-refractivity contribution is -0.137. The van der Waals surface area contributed by atoms with Crippen molar-refractivity contribution in [2.24, 2.45) is 17.8 Å². The zero-order valence-electron chi connectivity index (χ0n) is 14.4. The molecule has 124 valence electrons. The minimum atomic E-state index is 0.348. The summed E-state index contributed by atoms with van der Waals surface area (Å²) in [7, 11) is 0. The summed E-state index contributed by atoms with van der Waals surface area (Å²) in [6.07, 6.45) is 5.15. The predicted octanol–water partition coefficient (Wildman–Crippen LogP) is 3.39. The fraction of sp³-hybridized carbons (Fsp3) is 0.650. The highest BCUT2D eigenvalue weighted by atomic mass is 16.2. The maximum atomic E-state index is 12.9. The molecule has 1 aromatic rings. The lowest BCUT2D eigenvalue weighted by Gasteiger charge is -2.39. The van der Waals surface area contributed by atoms with Crippen LogP contribution in [0, 0.1) is 31.6 Å². The normalized spacial score (nSPS) is 30.1. The average molecular weight is 312 g/mol. The van der Waals surface area contributed by atoms with Gasteiger partial charge in [-0.2, -0.15) is 0 Å². The number of amides is 1. The molecule has 2 bridgehead atoms. The zero-order chi connectivity index (χ0) is 16.0. The van der Waals surface area contributed by atoms with Gasteiger partial charge in [0.2, 0.25) is 5.91 Å². The minimum absolute atomic E-state index is 0.348. The molecule has 0 spiro atoms. The Labute approximate surface area is 139 Å². The highest BCUT2D eigenvalue weighted by molar-refractivity contribution is 5.80. The Balaban J connectivity index is 1.39. The number of piperazine rings is 1. The van der Waals surface area contributed by atoms with E-state index in [4.69, 9.17) is 0 Å². The number of rotatable bonds is 2. The second-order valence-corrected chi connectivity index (χ2v) is 7.81. The average Bonchev–Trinajstić information content (AvgIpc) is 3.20. The number of nitrogens with zero attached hydrogens (tertiary/aromatic N) is 2. The van der Waals surface area contributed by atoms with Crippen LogP contribution in [0.15, 0.2) is 18.2 Å². The van der Waals surface area contributed by atoms with Gasteiger partial charge >= 0.3 is 0 Å². The third-order valence-corrected chi connectivity index (χ3v) is 6.56. The van der Waals surface area contributed by atoms with Crippen molar-refractivity contribution in [3.8, 4) is 0 Å². The van der Waals surface area contributed by atoms with Crippen LogP contribution in [-0.4, -0.2) is 37.0 Å². The summed E-state index contributed by atoms with van der Waals surface area (Å²) in [4.78, 5) is 17.5. The molecule has 0 radical (unpaired) electrons. The standard InChI is InChI=1S/C20H28N2O/c1-14-4-3-5-19(15(14)2)21-8-10-22(11-9-21)20(23)18-13-16-6-7-17(18)12-16/h3-5,16-18H,6-13H2,1-2H3/t16-,17+,18-/m0/s1. The predicted molar refractivity (Wildman–Crippen MR) is 93.6 cm³/mol. The van der Waals surface area contributed by atoms with Gasteiger partial charge in [-0.05, 0) is 62.1 Å². The topological polar surface area (TPSA) is 23.6 Å². The van der Waals surface area contributed by atoms with Crippen LogP contribution < -0.4 is 4.90 Å². The number of hydrogen-bond donors (Lipinski definition) is 0. The third kappa shape index (κ3) is 2.64. The SMILES string of the molecule is Cc1cccc(N2CCN(C(=O)[C@H]3C[C@H]4CC[C@@H]3C4)CC2)c1C. The molecule has 3 fully saturated rings. The van der Waals surface area contributed by atoms with Crippen LogP contribution in [0.1, 0.15) is 36.8 Å². The van der Waals surface area contributed by atoms with Crippen molar-refractivity contribution in [1.82, 2.24) is 4.90 Å². The van der Waals surface area contributed by atoms with Gasteiger partial charge in [-0.3, -0.25) is 4.79 Å². The summed E-state index contributed by atoms with van der Waals surface area (Å²) in [5.74, 6) is 2.36. The van der Waals surface area contributed by atoms with Gasteiger partial charge in [0.25, 0.3) is 0 Å². The van der Waals surface area contributed by atoms with E-state index in [1.54, 1.807) is 0 Å². The van der Waals surface area contributed by atoms with Gasteiger partial charge in [0, 0.05) is 37.8 Å².